The third-order valence-corrected chi connectivity index (χ3v) is 20.4. The zero-order valence-electron chi connectivity index (χ0n) is 63.5. The number of carbonyl (C=O) groups is 4. The number of unbranched alkanes of at least 4 members (excludes halogenated alkanes) is 43. The van der Waals surface area contributed by atoms with E-state index in [2.05, 4.69) is 48.5 Å². The van der Waals surface area contributed by atoms with Crippen molar-refractivity contribution in [2.45, 2.75) is 420 Å². The van der Waals surface area contributed by atoms with Gasteiger partial charge in [-0.15, -0.1) is 0 Å². The van der Waals surface area contributed by atoms with E-state index in [9.17, 15) is 43.2 Å². The lowest BCUT2D eigenvalue weighted by Gasteiger charge is -2.21. The van der Waals surface area contributed by atoms with Crippen molar-refractivity contribution in [3.05, 3.63) is 0 Å². The minimum Gasteiger partial charge on any atom is -0.462 e. The average Bonchev–Trinajstić information content (AvgIpc) is 1.33. The molecule has 0 rings (SSSR count). The molecule has 576 valence electrons. The topological polar surface area (TPSA) is 237 Å². The van der Waals surface area contributed by atoms with Gasteiger partial charge >= 0.3 is 39.5 Å². The van der Waals surface area contributed by atoms with Gasteiger partial charge in [0.2, 0.25) is 0 Å². The molecular weight excluding hydrogens is 1270 g/mol. The number of phosphoric ester groups is 2. The van der Waals surface area contributed by atoms with Crippen molar-refractivity contribution in [3.63, 3.8) is 0 Å². The molecule has 0 aliphatic carbocycles. The van der Waals surface area contributed by atoms with E-state index in [1.54, 1.807) is 0 Å². The van der Waals surface area contributed by atoms with Crippen LogP contribution in [-0.2, 0) is 65.4 Å². The van der Waals surface area contributed by atoms with Crippen LogP contribution in [0, 0.1) is 17.8 Å². The van der Waals surface area contributed by atoms with E-state index in [1.165, 1.54) is 212 Å². The van der Waals surface area contributed by atoms with Crippen LogP contribution in [0.15, 0.2) is 0 Å². The minimum atomic E-state index is -4.96. The predicted molar refractivity (Wildman–Crippen MR) is 395 cm³/mol. The molecule has 0 saturated carbocycles. The van der Waals surface area contributed by atoms with Gasteiger partial charge in [-0.1, -0.05) is 350 Å². The van der Waals surface area contributed by atoms with Crippen LogP contribution < -0.4 is 0 Å². The van der Waals surface area contributed by atoms with Crippen molar-refractivity contribution in [2.75, 3.05) is 39.6 Å². The summed E-state index contributed by atoms with van der Waals surface area (Å²) in [5, 5.41) is 10.6. The summed E-state index contributed by atoms with van der Waals surface area (Å²) in [5.74, 6) is 0.206. The number of phosphoric acid groups is 2. The molecule has 17 nitrogen and oxygen atoms in total. The fourth-order valence-electron chi connectivity index (χ4n) is 11.9. The summed E-state index contributed by atoms with van der Waals surface area (Å²) < 4.78 is 68.6. The van der Waals surface area contributed by atoms with Gasteiger partial charge in [-0.25, -0.2) is 9.13 Å². The Bertz CT molecular complexity index is 1890. The smallest absolute Gasteiger partial charge is 0.462 e. The highest BCUT2D eigenvalue weighted by Gasteiger charge is 2.30. The summed E-state index contributed by atoms with van der Waals surface area (Å²) in [7, 11) is -9.92. The maximum Gasteiger partial charge on any atom is 0.472 e. The Morgan fingerprint density at radius 1 is 0.299 bits per heavy atom. The highest BCUT2D eigenvalue weighted by molar-refractivity contribution is 7.47. The van der Waals surface area contributed by atoms with Crippen LogP contribution in [-0.4, -0.2) is 96.7 Å². The third kappa shape index (κ3) is 70.9. The van der Waals surface area contributed by atoms with Gasteiger partial charge in [0.05, 0.1) is 26.4 Å². The Morgan fingerprint density at radius 3 is 0.784 bits per heavy atom. The Hall–Kier alpha value is -1.94. The number of aliphatic hydroxyl groups excluding tert-OH is 1. The Balaban J connectivity index is 5.27. The minimum absolute atomic E-state index is 0.106. The molecule has 97 heavy (non-hydrogen) atoms. The highest BCUT2D eigenvalue weighted by atomic mass is 31.2. The fraction of sp³-hybridized carbons (Fsp3) is 0.949. The molecule has 19 heteroatoms. The number of esters is 4. The first kappa shape index (κ1) is 95.1. The van der Waals surface area contributed by atoms with Gasteiger partial charge in [-0.05, 0) is 43.4 Å². The molecule has 0 aromatic rings. The van der Waals surface area contributed by atoms with Crippen LogP contribution in [0.4, 0.5) is 0 Å². The molecule has 0 aromatic heterocycles. The first-order chi connectivity index (χ1) is 46.8. The van der Waals surface area contributed by atoms with Gasteiger partial charge < -0.3 is 33.8 Å². The van der Waals surface area contributed by atoms with Crippen molar-refractivity contribution in [1.82, 2.24) is 0 Å². The van der Waals surface area contributed by atoms with E-state index in [0.29, 0.717) is 25.7 Å². The van der Waals surface area contributed by atoms with Crippen molar-refractivity contribution >= 4 is 39.5 Å². The summed E-state index contributed by atoms with van der Waals surface area (Å²) in [4.78, 5) is 72.9. The molecule has 0 aromatic carbocycles. The number of carbonyl (C=O) groups excluding carboxylic acids is 4. The van der Waals surface area contributed by atoms with Gasteiger partial charge in [0.1, 0.15) is 19.3 Å². The SMILES string of the molecule is CCCCCCCCCCCCCCCCCCCC(=O)O[C@H](COC(=O)CCCCCCCCCCCCC(C)CC)COP(=O)(O)OC[C@@H](O)COP(=O)(O)OC[C@@H](COC(=O)CCCCCCCCCCCCC(C)C)OC(=O)CCCCCCCCCCCCC(C)C. The molecule has 0 amide bonds. The Labute approximate surface area is 594 Å². The van der Waals surface area contributed by atoms with Gasteiger partial charge in [-0.3, -0.25) is 37.3 Å². The molecule has 0 bridgehead atoms. The number of hydrogen-bond acceptors (Lipinski definition) is 15. The summed E-state index contributed by atoms with van der Waals surface area (Å²) in [6.45, 7) is 11.9. The van der Waals surface area contributed by atoms with Crippen LogP contribution in [0.5, 0.6) is 0 Å². The summed E-state index contributed by atoms with van der Waals surface area (Å²) in [5.41, 5.74) is 0. The van der Waals surface area contributed by atoms with Crippen LogP contribution >= 0.6 is 15.6 Å². The molecule has 3 N–H and O–H groups in total. The summed E-state index contributed by atoms with van der Waals surface area (Å²) >= 11 is 0. The molecule has 0 fully saturated rings. The second kappa shape index (κ2) is 68.5. The largest absolute Gasteiger partial charge is 0.472 e. The molecule has 6 atom stereocenters. The number of ether oxygens (including phenoxy) is 4. The van der Waals surface area contributed by atoms with Crippen LogP contribution in [0.3, 0.4) is 0 Å². The highest BCUT2D eigenvalue weighted by Crippen LogP contribution is 2.45. The van der Waals surface area contributed by atoms with E-state index in [4.69, 9.17) is 37.0 Å². The summed E-state index contributed by atoms with van der Waals surface area (Å²) in [6, 6.07) is 0. The van der Waals surface area contributed by atoms with Gasteiger partial charge in [0, 0.05) is 25.7 Å². The van der Waals surface area contributed by atoms with Crippen molar-refractivity contribution in [3.8, 4) is 0 Å². The lowest BCUT2D eigenvalue weighted by atomic mass is 9.99. The van der Waals surface area contributed by atoms with Gasteiger partial charge in [0.15, 0.2) is 12.2 Å². The predicted octanol–water partition coefficient (Wildman–Crippen LogP) is 23.0. The lowest BCUT2D eigenvalue weighted by molar-refractivity contribution is -0.161. The molecule has 0 heterocycles. The van der Waals surface area contributed by atoms with Crippen molar-refractivity contribution < 1.29 is 80.2 Å². The average molecular weight is 1420 g/mol. The quantitative estimate of drug-likeness (QED) is 0.0222. The molecule has 0 aliphatic rings. The van der Waals surface area contributed by atoms with Gasteiger partial charge in [-0.2, -0.15) is 0 Å². The zero-order chi connectivity index (χ0) is 71.6. The standard InChI is InChI=1S/C78H152O17P2/c1-8-10-11-12-13-14-15-16-17-18-19-20-21-33-40-47-54-61-77(82)94-73(65-89-76(81)60-53-46-39-32-27-24-30-37-44-51-58-71(7)9-2)67-92-96(84,85)90-63-72(79)64-91-97(86,87)93-68-74(95-78(83)62-55-48-41-34-26-23-29-36-43-50-57-70(5)6)66-88-75(80)59-52-45-38-31-25-22-28-35-42-49-56-69(3)4/h69-74,79H,8-68H2,1-7H3,(H,84,85)(H,86,87)/t71?,72-,73-,74-/m1/s1. The first-order valence-corrected chi connectivity index (χ1v) is 43.4. The van der Waals surface area contributed by atoms with E-state index in [0.717, 1.165) is 108 Å². The van der Waals surface area contributed by atoms with E-state index in [-0.39, 0.29) is 25.7 Å². The third-order valence-electron chi connectivity index (χ3n) is 18.5. The van der Waals surface area contributed by atoms with E-state index >= 15 is 0 Å². The molecular formula is C78H152O17P2. The second-order valence-electron chi connectivity index (χ2n) is 29.3. The normalized spacial score (nSPS) is 14.3. The lowest BCUT2D eigenvalue weighted by Crippen LogP contribution is -2.30. The number of aliphatic hydroxyl groups is 1. The second-order valence-corrected chi connectivity index (χ2v) is 32.2. The van der Waals surface area contributed by atoms with Crippen LogP contribution in [0.25, 0.3) is 0 Å². The first-order valence-electron chi connectivity index (χ1n) is 40.4. The molecule has 0 aliphatic heterocycles. The van der Waals surface area contributed by atoms with E-state index in [1.807, 2.05) is 0 Å². The van der Waals surface area contributed by atoms with Gasteiger partial charge in [0.25, 0.3) is 0 Å². The number of hydrogen-bond donors (Lipinski definition) is 3. The molecule has 3 unspecified atom stereocenters. The number of rotatable bonds is 76. The van der Waals surface area contributed by atoms with Crippen LogP contribution in [0.2, 0.25) is 0 Å². The maximum atomic E-state index is 13.1. The summed E-state index contributed by atoms with van der Waals surface area (Å²) in [6.07, 6.45) is 55.3. The van der Waals surface area contributed by atoms with E-state index < -0.39 is 97.5 Å². The van der Waals surface area contributed by atoms with Crippen molar-refractivity contribution in [1.29, 1.82) is 0 Å². The molecule has 0 spiro atoms. The maximum absolute atomic E-state index is 13.1. The van der Waals surface area contributed by atoms with Crippen LogP contribution in [0.1, 0.15) is 402 Å². The monoisotopic (exact) mass is 1420 g/mol. The van der Waals surface area contributed by atoms with Crippen molar-refractivity contribution in [2.24, 2.45) is 17.8 Å². The Kier molecular flexibility index (Phi) is 67.1. The Morgan fingerprint density at radius 2 is 0.526 bits per heavy atom. The molecule has 0 radical (unpaired) electrons. The zero-order valence-corrected chi connectivity index (χ0v) is 65.3. The molecule has 0 saturated heterocycles. The fourth-order valence-corrected chi connectivity index (χ4v) is 13.5.